The van der Waals surface area contributed by atoms with Crippen molar-refractivity contribution in [3.8, 4) is 5.75 Å². The number of nitrogens with zero attached hydrogens (tertiary/aromatic N) is 2. The molecule has 140 valence electrons. The number of aromatic nitrogens is 2. The minimum atomic E-state index is -0.436. The molecule has 0 saturated heterocycles. The molecule has 3 aromatic rings. The number of halogens is 1. The Morgan fingerprint density at radius 2 is 1.89 bits per heavy atom. The molecule has 0 radical (unpaired) electrons. The Hall–Kier alpha value is -3.15. The van der Waals surface area contributed by atoms with Crippen LogP contribution >= 0.6 is 0 Å². The van der Waals surface area contributed by atoms with Crippen molar-refractivity contribution in [3.05, 3.63) is 83.7 Å². The highest BCUT2D eigenvalue weighted by Gasteiger charge is 2.20. The molecule has 5 nitrogen and oxygen atoms in total. The van der Waals surface area contributed by atoms with Crippen molar-refractivity contribution in [3.63, 3.8) is 0 Å². The summed E-state index contributed by atoms with van der Waals surface area (Å²) in [6, 6.07) is 13.3. The molecule has 3 rings (SSSR count). The molecule has 6 heteroatoms. The summed E-state index contributed by atoms with van der Waals surface area (Å²) in [5.41, 5.74) is 1.84. The van der Waals surface area contributed by atoms with Crippen molar-refractivity contribution in [2.75, 3.05) is 7.11 Å². The standard InChI is InChI=1S/C21H22FN3O2/c1-25-14-13-23-21(25)20(16-6-8-17(22)9-7-16)24-19(26)12-5-15-3-10-18(27-2)11-4-15/h3-4,6-11,13-14,20H,5,12H2,1-2H3,(H,24,26). The van der Waals surface area contributed by atoms with E-state index in [1.54, 1.807) is 25.4 Å². The van der Waals surface area contributed by atoms with Crippen LogP contribution in [-0.2, 0) is 18.3 Å². The molecule has 1 amide bonds. The van der Waals surface area contributed by atoms with Gasteiger partial charge in [-0.05, 0) is 41.8 Å². The first-order chi connectivity index (χ1) is 13.1. The minimum absolute atomic E-state index is 0.0943. The summed E-state index contributed by atoms with van der Waals surface area (Å²) in [4.78, 5) is 16.9. The number of amides is 1. The van der Waals surface area contributed by atoms with Crippen molar-refractivity contribution in [2.45, 2.75) is 18.9 Å². The van der Waals surface area contributed by atoms with Crippen LogP contribution in [0.5, 0.6) is 5.75 Å². The van der Waals surface area contributed by atoms with E-state index in [0.29, 0.717) is 18.7 Å². The van der Waals surface area contributed by atoms with Crippen LogP contribution in [0, 0.1) is 5.82 Å². The minimum Gasteiger partial charge on any atom is -0.497 e. The van der Waals surface area contributed by atoms with Crippen LogP contribution in [0.2, 0.25) is 0 Å². The lowest BCUT2D eigenvalue weighted by atomic mass is 10.0. The zero-order valence-electron chi connectivity index (χ0n) is 15.4. The second kappa shape index (κ2) is 8.49. The molecule has 0 fully saturated rings. The highest BCUT2D eigenvalue weighted by atomic mass is 19.1. The molecule has 1 heterocycles. The molecule has 0 saturated carbocycles. The van der Waals surface area contributed by atoms with Gasteiger partial charge in [-0.2, -0.15) is 0 Å². The smallest absolute Gasteiger partial charge is 0.221 e. The first kappa shape index (κ1) is 18.6. The maximum absolute atomic E-state index is 13.3. The van der Waals surface area contributed by atoms with Gasteiger partial charge in [-0.3, -0.25) is 4.79 Å². The van der Waals surface area contributed by atoms with E-state index in [1.165, 1.54) is 12.1 Å². The van der Waals surface area contributed by atoms with Crippen LogP contribution in [0.3, 0.4) is 0 Å². The van der Waals surface area contributed by atoms with Gasteiger partial charge < -0.3 is 14.6 Å². The van der Waals surface area contributed by atoms with Gasteiger partial charge >= 0.3 is 0 Å². The first-order valence-electron chi connectivity index (χ1n) is 8.72. The van der Waals surface area contributed by atoms with Gasteiger partial charge in [0.25, 0.3) is 0 Å². The van der Waals surface area contributed by atoms with E-state index in [1.807, 2.05) is 42.1 Å². The Balaban J connectivity index is 1.70. The van der Waals surface area contributed by atoms with Crippen LogP contribution in [0.25, 0.3) is 0 Å². The Morgan fingerprint density at radius 3 is 2.48 bits per heavy atom. The quantitative estimate of drug-likeness (QED) is 0.696. The normalized spacial score (nSPS) is 11.8. The number of hydrogen-bond acceptors (Lipinski definition) is 3. The molecule has 0 aliphatic carbocycles. The lowest BCUT2D eigenvalue weighted by Crippen LogP contribution is -2.31. The maximum atomic E-state index is 13.3. The van der Waals surface area contributed by atoms with Crippen molar-refractivity contribution < 1.29 is 13.9 Å². The van der Waals surface area contributed by atoms with Crippen molar-refractivity contribution in [2.24, 2.45) is 7.05 Å². The Morgan fingerprint density at radius 1 is 1.19 bits per heavy atom. The number of ether oxygens (including phenoxy) is 1. The number of benzene rings is 2. The van der Waals surface area contributed by atoms with Gasteiger partial charge in [0.2, 0.25) is 5.91 Å². The van der Waals surface area contributed by atoms with E-state index in [4.69, 9.17) is 4.74 Å². The summed E-state index contributed by atoms with van der Waals surface area (Å²) in [6.07, 6.45) is 4.45. The largest absolute Gasteiger partial charge is 0.497 e. The lowest BCUT2D eigenvalue weighted by Gasteiger charge is -2.19. The summed E-state index contributed by atoms with van der Waals surface area (Å²) >= 11 is 0. The highest BCUT2D eigenvalue weighted by molar-refractivity contribution is 5.77. The zero-order valence-corrected chi connectivity index (χ0v) is 15.4. The number of imidazole rings is 1. The Kier molecular flexibility index (Phi) is 5.86. The van der Waals surface area contributed by atoms with Gasteiger partial charge in [-0.25, -0.2) is 9.37 Å². The zero-order chi connectivity index (χ0) is 19.2. The van der Waals surface area contributed by atoms with Gasteiger partial charge in [-0.15, -0.1) is 0 Å². The number of hydrogen-bond donors (Lipinski definition) is 1. The van der Waals surface area contributed by atoms with E-state index in [9.17, 15) is 9.18 Å². The van der Waals surface area contributed by atoms with E-state index in [2.05, 4.69) is 10.3 Å². The van der Waals surface area contributed by atoms with E-state index in [0.717, 1.165) is 16.9 Å². The van der Waals surface area contributed by atoms with Crippen LogP contribution in [0.15, 0.2) is 60.9 Å². The predicted octanol–water partition coefficient (Wildman–Crippen LogP) is 3.41. The predicted molar refractivity (Wildman–Crippen MR) is 101 cm³/mol. The average Bonchev–Trinajstić information content (AvgIpc) is 3.11. The van der Waals surface area contributed by atoms with Crippen molar-refractivity contribution in [1.29, 1.82) is 0 Å². The Bertz CT molecular complexity index is 889. The van der Waals surface area contributed by atoms with Crippen molar-refractivity contribution in [1.82, 2.24) is 14.9 Å². The average molecular weight is 367 g/mol. The van der Waals surface area contributed by atoms with Gasteiger partial charge in [0, 0.05) is 25.9 Å². The second-order valence-corrected chi connectivity index (χ2v) is 6.30. The number of carbonyl (C=O) groups excluding carboxylic acids is 1. The Labute approximate surface area is 157 Å². The summed E-state index contributed by atoms with van der Waals surface area (Å²) in [5, 5.41) is 3.02. The molecule has 1 aromatic heterocycles. The van der Waals surface area contributed by atoms with Crippen molar-refractivity contribution >= 4 is 5.91 Å². The third-order valence-electron chi connectivity index (χ3n) is 4.43. The number of aryl methyl sites for hydroxylation is 2. The fraction of sp³-hybridized carbons (Fsp3) is 0.238. The molecule has 0 aliphatic rings. The van der Waals surface area contributed by atoms with Gasteiger partial charge in [0.1, 0.15) is 23.4 Å². The van der Waals surface area contributed by atoms with Crippen LogP contribution in [0.4, 0.5) is 4.39 Å². The summed E-state index contributed by atoms with van der Waals surface area (Å²) in [5.74, 6) is 1.07. The van der Waals surface area contributed by atoms with Crippen LogP contribution in [-0.4, -0.2) is 22.6 Å². The number of methoxy groups -OCH3 is 1. The van der Waals surface area contributed by atoms with E-state index in [-0.39, 0.29) is 11.7 Å². The molecule has 0 bridgehead atoms. The third-order valence-corrected chi connectivity index (χ3v) is 4.43. The molecule has 27 heavy (non-hydrogen) atoms. The molecule has 1 atom stereocenters. The molecule has 0 aliphatic heterocycles. The van der Waals surface area contributed by atoms with Gasteiger partial charge in [0.05, 0.1) is 7.11 Å². The summed E-state index contributed by atoms with van der Waals surface area (Å²) < 4.78 is 20.3. The lowest BCUT2D eigenvalue weighted by molar-refractivity contribution is -0.121. The third kappa shape index (κ3) is 4.73. The maximum Gasteiger partial charge on any atom is 0.221 e. The molecule has 1 unspecified atom stereocenters. The van der Waals surface area contributed by atoms with Gasteiger partial charge in [0.15, 0.2) is 0 Å². The number of nitrogens with one attached hydrogen (secondary N) is 1. The highest BCUT2D eigenvalue weighted by Crippen LogP contribution is 2.21. The van der Waals surface area contributed by atoms with Crippen LogP contribution in [0.1, 0.15) is 29.4 Å². The second-order valence-electron chi connectivity index (χ2n) is 6.30. The van der Waals surface area contributed by atoms with E-state index < -0.39 is 6.04 Å². The number of rotatable bonds is 7. The van der Waals surface area contributed by atoms with E-state index >= 15 is 0 Å². The molecular weight excluding hydrogens is 345 g/mol. The molecule has 1 N–H and O–H groups in total. The molecule has 0 spiro atoms. The topological polar surface area (TPSA) is 56.1 Å². The molecule has 2 aromatic carbocycles. The summed E-state index contributed by atoms with van der Waals surface area (Å²) in [7, 11) is 3.48. The fourth-order valence-corrected chi connectivity index (χ4v) is 2.89. The summed E-state index contributed by atoms with van der Waals surface area (Å²) in [6.45, 7) is 0. The van der Waals surface area contributed by atoms with Gasteiger partial charge in [-0.1, -0.05) is 24.3 Å². The SMILES string of the molecule is COc1ccc(CCC(=O)NC(c2ccc(F)cc2)c2nccn2C)cc1. The monoisotopic (exact) mass is 367 g/mol. The number of carbonyl (C=O) groups is 1. The first-order valence-corrected chi connectivity index (χ1v) is 8.72. The molecular formula is C21H22FN3O2. The fourth-order valence-electron chi connectivity index (χ4n) is 2.89. The van der Waals surface area contributed by atoms with Crippen LogP contribution < -0.4 is 10.1 Å².